The molecular weight excluding hydrogens is 604 g/mol. The number of benzene rings is 3. The third kappa shape index (κ3) is 7.80. The molecule has 1 N–H and O–H groups in total. The third-order valence-corrected chi connectivity index (χ3v) is 8.65. The number of rotatable bonds is 11. The molecule has 0 heterocycles. The van der Waals surface area contributed by atoms with Crippen LogP contribution in [0.5, 0.6) is 0 Å². The molecule has 0 radical (unpaired) electrons. The molecule has 0 aliphatic carbocycles. The highest BCUT2D eigenvalue weighted by Crippen LogP contribution is 2.30. The van der Waals surface area contributed by atoms with Gasteiger partial charge < -0.3 is 10.2 Å². The smallest absolute Gasteiger partial charge is 0.264 e. The Morgan fingerprint density at radius 2 is 1.51 bits per heavy atom. The summed E-state index contributed by atoms with van der Waals surface area (Å²) in [7, 11) is -4.24. The predicted octanol–water partition coefficient (Wildman–Crippen LogP) is 6.44. The van der Waals surface area contributed by atoms with Gasteiger partial charge in [0.25, 0.3) is 10.0 Å². The van der Waals surface area contributed by atoms with E-state index in [0.717, 1.165) is 4.31 Å². The van der Waals surface area contributed by atoms with Crippen molar-refractivity contribution in [3.05, 3.63) is 92.4 Å². The first kappa shape index (κ1) is 31.0. The zero-order valence-electron chi connectivity index (χ0n) is 21.2. The Morgan fingerprint density at radius 3 is 2.08 bits per heavy atom. The van der Waals surface area contributed by atoms with E-state index in [9.17, 15) is 18.0 Å². The lowest BCUT2D eigenvalue weighted by Gasteiger charge is -2.33. The number of hydrogen-bond donors (Lipinski definition) is 1. The molecule has 0 aliphatic rings. The number of nitrogens with zero attached hydrogens (tertiary/aromatic N) is 2. The maximum atomic E-state index is 14.0. The summed E-state index contributed by atoms with van der Waals surface area (Å²) in [5.74, 6) is -1.00. The van der Waals surface area contributed by atoms with Gasteiger partial charge in [0.15, 0.2) is 0 Å². The lowest BCUT2D eigenvalue weighted by atomic mass is 10.1. The van der Waals surface area contributed by atoms with E-state index in [1.807, 2.05) is 0 Å². The highest BCUT2D eigenvalue weighted by atomic mass is 35.5. The maximum absolute atomic E-state index is 14.0. The van der Waals surface area contributed by atoms with Crippen molar-refractivity contribution in [1.82, 2.24) is 10.2 Å². The third-order valence-electron chi connectivity index (χ3n) is 5.84. The van der Waals surface area contributed by atoms with Crippen molar-refractivity contribution < 1.29 is 18.0 Å². The second-order valence-electron chi connectivity index (χ2n) is 8.53. The Hall–Kier alpha value is -2.49. The summed E-state index contributed by atoms with van der Waals surface area (Å²) in [4.78, 5) is 28.2. The van der Waals surface area contributed by atoms with Gasteiger partial charge in [-0.3, -0.25) is 13.9 Å². The van der Waals surface area contributed by atoms with Crippen LogP contribution in [0.25, 0.3) is 0 Å². The summed E-state index contributed by atoms with van der Waals surface area (Å²) >= 11 is 24.8. The Kier molecular flexibility index (Phi) is 10.9. The van der Waals surface area contributed by atoms with Crippen LogP contribution in [0.15, 0.2) is 71.6 Å². The number of nitrogens with one attached hydrogen (secondary N) is 1. The number of amides is 2. The molecule has 208 valence electrons. The quantitative estimate of drug-likeness (QED) is 0.264. The van der Waals surface area contributed by atoms with Gasteiger partial charge in [-0.1, -0.05) is 77.6 Å². The van der Waals surface area contributed by atoms with E-state index in [0.29, 0.717) is 22.2 Å². The molecule has 7 nitrogen and oxygen atoms in total. The van der Waals surface area contributed by atoms with Crippen molar-refractivity contribution in [3.63, 3.8) is 0 Å². The van der Waals surface area contributed by atoms with Crippen LogP contribution in [0.3, 0.4) is 0 Å². The predicted molar refractivity (Wildman–Crippen MR) is 157 cm³/mol. The van der Waals surface area contributed by atoms with Gasteiger partial charge in [0.05, 0.1) is 10.6 Å². The molecule has 0 bridgehead atoms. The summed E-state index contributed by atoms with van der Waals surface area (Å²) in [6, 6.07) is 15.9. The van der Waals surface area contributed by atoms with Crippen molar-refractivity contribution in [2.24, 2.45) is 0 Å². The number of anilines is 1. The number of carbonyl (C=O) groups is 2. The number of hydrogen-bond acceptors (Lipinski definition) is 4. The zero-order chi connectivity index (χ0) is 28.7. The number of likely N-dealkylation sites (N-methyl/N-ethyl adjacent to an activating group) is 1. The molecule has 0 unspecified atom stereocenters. The average molecular weight is 631 g/mol. The number of sulfonamides is 1. The second kappa shape index (κ2) is 13.7. The highest BCUT2D eigenvalue weighted by molar-refractivity contribution is 7.92. The largest absolute Gasteiger partial charge is 0.355 e. The van der Waals surface area contributed by atoms with Crippen molar-refractivity contribution in [3.8, 4) is 0 Å². The summed E-state index contributed by atoms with van der Waals surface area (Å²) in [5.41, 5.74) is 0.640. The molecule has 0 aliphatic heterocycles. The lowest BCUT2D eigenvalue weighted by Crippen LogP contribution is -2.52. The average Bonchev–Trinajstić information content (AvgIpc) is 2.88. The van der Waals surface area contributed by atoms with E-state index in [1.165, 1.54) is 41.3 Å². The topological polar surface area (TPSA) is 86.8 Å². The molecule has 0 spiro atoms. The Balaban J connectivity index is 2.10. The van der Waals surface area contributed by atoms with Crippen LogP contribution in [-0.4, -0.2) is 44.3 Å². The molecule has 0 aromatic heterocycles. The fourth-order valence-corrected chi connectivity index (χ4v) is 6.38. The minimum absolute atomic E-state index is 0.0306. The fourth-order valence-electron chi connectivity index (χ4n) is 3.98. The highest BCUT2D eigenvalue weighted by Gasteiger charge is 2.34. The minimum atomic E-state index is -4.24. The van der Waals surface area contributed by atoms with Gasteiger partial charge in [0.1, 0.15) is 12.6 Å². The molecule has 0 saturated heterocycles. The van der Waals surface area contributed by atoms with E-state index < -0.39 is 28.5 Å². The summed E-state index contributed by atoms with van der Waals surface area (Å²) < 4.78 is 28.5. The van der Waals surface area contributed by atoms with E-state index in [2.05, 4.69) is 5.32 Å². The molecule has 3 rings (SSSR count). The lowest BCUT2D eigenvalue weighted by molar-refractivity contribution is -0.140. The Bertz CT molecular complexity index is 1420. The molecule has 39 heavy (non-hydrogen) atoms. The molecule has 0 fully saturated rings. The van der Waals surface area contributed by atoms with Crippen molar-refractivity contribution in [2.75, 3.05) is 17.4 Å². The van der Waals surface area contributed by atoms with Crippen LogP contribution >= 0.6 is 46.4 Å². The molecule has 0 saturated carbocycles. The van der Waals surface area contributed by atoms with Crippen LogP contribution in [0.1, 0.15) is 25.8 Å². The van der Waals surface area contributed by atoms with Gasteiger partial charge in [0.2, 0.25) is 11.8 Å². The van der Waals surface area contributed by atoms with Gasteiger partial charge in [-0.05, 0) is 61.4 Å². The summed E-state index contributed by atoms with van der Waals surface area (Å²) in [6.07, 6.45) is 0.275. The zero-order valence-corrected chi connectivity index (χ0v) is 25.0. The van der Waals surface area contributed by atoms with E-state index >= 15 is 0 Å². The monoisotopic (exact) mass is 629 g/mol. The molecule has 2 amide bonds. The van der Waals surface area contributed by atoms with Gasteiger partial charge in [0, 0.05) is 33.2 Å². The van der Waals surface area contributed by atoms with Crippen LogP contribution in [0, 0.1) is 0 Å². The van der Waals surface area contributed by atoms with Gasteiger partial charge in [-0.25, -0.2) is 8.42 Å². The second-order valence-corrected chi connectivity index (χ2v) is 12.1. The normalized spacial score (nSPS) is 12.1. The Morgan fingerprint density at radius 1 is 0.872 bits per heavy atom. The van der Waals surface area contributed by atoms with Gasteiger partial charge in [-0.2, -0.15) is 0 Å². The molecule has 12 heteroatoms. The Labute approximate surface area is 248 Å². The van der Waals surface area contributed by atoms with E-state index in [1.54, 1.807) is 44.2 Å². The SMILES string of the molecule is CCNC(=O)[C@@H](CC)N(Cc1ccc(Cl)cc1Cl)C(=O)CN(c1cc(Cl)cc(Cl)c1)S(=O)(=O)c1ccccc1. The molecule has 3 aromatic carbocycles. The van der Waals surface area contributed by atoms with Crippen LogP contribution in [0.4, 0.5) is 5.69 Å². The first-order valence-electron chi connectivity index (χ1n) is 12.0. The molecular formula is C27H27Cl4N3O4S. The number of halogens is 4. The maximum Gasteiger partial charge on any atom is 0.264 e. The first-order chi connectivity index (χ1) is 18.5. The summed E-state index contributed by atoms with van der Waals surface area (Å²) in [6.45, 7) is 3.20. The van der Waals surface area contributed by atoms with Crippen molar-refractivity contribution in [2.45, 2.75) is 37.8 Å². The van der Waals surface area contributed by atoms with Crippen molar-refractivity contribution >= 4 is 73.9 Å². The van der Waals surface area contributed by atoms with E-state index in [4.69, 9.17) is 46.4 Å². The first-order valence-corrected chi connectivity index (χ1v) is 15.0. The number of carbonyl (C=O) groups excluding carboxylic acids is 2. The summed E-state index contributed by atoms with van der Waals surface area (Å²) in [5, 5.41) is 3.85. The van der Waals surface area contributed by atoms with Crippen molar-refractivity contribution in [1.29, 1.82) is 0 Å². The van der Waals surface area contributed by atoms with Gasteiger partial charge >= 0.3 is 0 Å². The van der Waals surface area contributed by atoms with Crippen LogP contribution in [-0.2, 0) is 26.2 Å². The van der Waals surface area contributed by atoms with Crippen LogP contribution in [0.2, 0.25) is 20.1 Å². The van der Waals surface area contributed by atoms with Crippen LogP contribution < -0.4 is 9.62 Å². The molecule has 3 aromatic rings. The minimum Gasteiger partial charge on any atom is -0.355 e. The van der Waals surface area contributed by atoms with E-state index in [-0.39, 0.29) is 39.5 Å². The fraction of sp³-hybridized carbons (Fsp3) is 0.259. The van der Waals surface area contributed by atoms with Gasteiger partial charge in [-0.15, -0.1) is 0 Å². The standard InChI is InChI=1S/C27H27Cl4N3O4S/c1-3-25(27(36)32-4-2)33(16-18-10-11-19(28)15-24(18)31)26(35)17-34(22-13-20(29)12-21(30)14-22)39(37,38)23-8-6-5-7-9-23/h5-15,25H,3-4,16-17H2,1-2H3,(H,32,36)/t25-/m1/s1. The molecule has 1 atom stereocenters.